The van der Waals surface area contributed by atoms with Crippen molar-refractivity contribution in [1.29, 1.82) is 0 Å². The fourth-order valence-electron chi connectivity index (χ4n) is 1.97. The van der Waals surface area contributed by atoms with Crippen molar-refractivity contribution < 1.29 is 19.2 Å². The summed E-state index contributed by atoms with van der Waals surface area (Å²) >= 11 is 5.94. The summed E-state index contributed by atoms with van der Waals surface area (Å²) in [6.45, 7) is 1.48. The van der Waals surface area contributed by atoms with Crippen molar-refractivity contribution in [2.45, 2.75) is 18.9 Å². The summed E-state index contributed by atoms with van der Waals surface area (Å²) in [5.74, 6) is -0.0289. The Morgan fingerprint density at radius 1 is 1.48 bits per heavy atom. The molecular formula is C15H15ClN2O5. The van der Waals surface area contributed by atoms with Crippen LogP contribution in [0.5, 0.6) is 0 Å². The van der Waals surface area contributed by atoms with E-state index in [1.54, 1.807) is 12.1 Å². The Kier molecular flexibility index (Phi) is 5.02. The van der Waals surface area contributed by atoms with E-state index >= 15 is 0 Å². The lowest BCUT2D eigenvalue weighted by Gasteiger charge is -2.21. The second-order valence-corrected chi connectivity index (χ2v) is 5.64. The van der Waals surface area contributed by atoms with E-state index in [1.807, 2.05) is 0 Å². The monoisotopic (exact) mass is 338 g/mol. The van der Waals surface area contributed by atoms with Crippen LogP contribution in [0.25, 0.3) is 0 Å². The molecule has 2 rings (SSSR count). The zero-order chi connectivity index (χ0) is 17.0. The van der Waals surface area contributed by atoms with Gasteiger partial charge in [0.25, 0.3) is 5.69 Å². The first-order chi connectivity index (χ1) is 10.8. The number of rotatable bonds is 6. The first-order valence-corrected chi connectivity index (χ1v) is 7.13. The first-order valence-electron chi connectivity index (χ1n) is 6.75. The van der Waals surface area contributed by atoms with Crippen LogP contribution in [0, 0.1) is 10.1 Å². The number of halogens is 1. The lowest BCUT2D eigenvalue weighted by Crippen LogP contribution is -2.39. The first kappa shape index (κ1) is 17.0. The number of nitro groups is 1. The third-order valence-electron chi connectivity index (χ3n) is 3.28. The third-order valence-corrected chi connectivity index (χ3v) is 3.63. The van der Waals surface area contributed by atoms with Crippen LogP contribution in [0.1, 0.15) is 18.2 Å². The number of carbonyl (C=O) groups is 1. The number of hydrogen-bond acceptors (Lipinski definition) is 5. The summed E-state index contributed by atoms with van der Waals surface area (Å²) < 4.78 is 5.12. The number of nitro benzene ring substituents is 1. The zero-order valence-electron chi connectivity index (χ0n) is 12.3. The quantitative estimate of drug-likeness (QED) is 0.621. The van der Waals surface area contributed by atoms with Gasteiger partial charge in [-0.2, -0.15) is 0 Å². The highest BCUT2D eigenvalue weighted by Gasteiger charge is 2.26. The molecule has 1 atom stereocenters. The zero-order valence-corrected chi connectivity index (χ0v) is 13.0. The Morgan fingerprint density at radius 3 is 2.78 bits per heavy atom. The molecule has 0 unspecified atom stereocenters. The molecule has 0 radical (unpaired) electrons. The van der Waals surface area contributed by atoms with E-state index in [1.165, 1.54) is 31.4 Å². The van der Waals surface area contributed by atoms with Gasteiger partial charge in [0.15, 0.2) is 0 Å². The molecule has 1 amide bonds. The maximum atomic E-state index is 12.0. The maximum Gasteiger partial charge on any atom is 0.270 e. The van der Waals surface area contributed by atoms with Gasteiger partial charge in [-0.15, -0.1) is 0 Å². The van der Waals surface area contributed by atoms with E-state index < -0.39 is 10.5 Å². The average molecular weight is 339 g/mol. The second-order valence-electron chi connectivity index (χ2n) is 5.24. The van der Waals surface area contributed by atoms with Crippen LogP contribution in [0.4, 0.5) is 5.69 Å². The van der Waals surface area contributed by atoms with Crippen LogP contribution in [0.15, 0.2) is 41.0 Å². The van der Waals surface area contributed by atoms with E-state index in [-0.39, 0.29) is 29.6 Å². The second kappa shape index (κ2) is 6.80. The minimum absolute atomic E-state index is 0.0378. The number of furan rings is 1. The highest BCUT2D eigenvalue weighted by atomic mass is 35.5. The molecule has 2 aromatic rings. The highest BCUT2D eigenvalue weighted by molar-refractivity contribution is 6.31. The molecule has 0 saturated carbocycles. The van der Waals surface area contributed by atoms with Gasteiger partial charge in [-0.3, -0.25) is 14.9 Å². The number of carbonyl (C=O) groups excluding carboxylic acids is 1. The molecule has 0 spiro atoms. The number of benzene rings is 1. The molecule has 0 aliphatic heterocycles. The third kappa shape index (κ3) is 4.30. The Bertz CT molecular complexity index is 713. The molecule has 1 heterocycles. The van der Waals surface area contributed by atoms with Crippen molar-refractivity contribution in [2.75, 3.05) is 6.54 Å². The van der Waals surface area contributed by atoms with Gasteiger partial charge in [-0.1, -0.05) is 17.7 Å². The molecular weight excluding hydrogens is 324 g/mol. The van der Waals surface area contributed by atoms with Gasteiger partial charge in [-0.25, -0.2) is 0 Å². The van der Waals surface area contributed by atoms with Gasteiger partial charge in [0, 0.05) is 12.1 Å². The molecule has 1 aromatic heterocycles. The molecule has 0 aliphatic rings. The molecule has 0 fully saturated rings. The van der Waals surface area contributed by atoms with Crippen molar-refractivity contribution >= 4 is 23.2 Å². The summed E-state index contributed by atoms with van der Waals surface area (Å²) in [6, 6.07) is 7.17. The predicted octanol–water partition coefficient (Wildman–Crippen LogP) is 2.41. The molecule has 8 heteroatoms. The Morgan fingerprint density at radius 2 is 2.22 bits per heavy atom. The van der Waals surface area contributed by atoms with Crippen LogP contribution in [-0.2, 0) is 16.8 Å². The molecule has 0 bridgehead atoms. The summed E-state index contributed by atoms with van der Waals surface area (Å²) in [5.41, 5.74) is -1.01. The Balaban J connectivity index is 1.96. The van der Waals surface area contributed by atoms with Crippen LogP contribution >= 0.6 is 11.6 Å². The predicted molar refractivity (Wildman–Crippen MR) is 83.1 cm³/mol. The summed E-state index contributed by atoms with van der Waals surface area (Å²) in [6.07, 6.45) is 1.38. The number of amides is 1. The van der Waals surface area contributed by atoms with Gasteiger partial charge in [0.1, 0.15) is 11.4 Å². The van der Waals surface area contributed by atoms with Crippen molar-refractivity contribution in [3.05, 3.63) is 63.1 Å². The SMILES string of the molecule is C[C@@](O)(CNC(=O)Cc1ccc([N+](=O)[O-])cc1Cl)c1ccco1. The van der Waals surface area contributed by atoms with Crippen molar-refractivity contribution in [3.63, 3.8) is 0 Å². The molecule has 7 nitrogen and oxygen atoms in total. The normalized spacial score (nSPS) is 13.3. The fraction of sp³-hybridized carbons (Fsp3) is 0.267. The van der Waals surface area contributed by atoms with E-state index in [2.05, 4.69) is 5.32 Å². The van der Waals surface area contributed by atoms with Gasteiger partial charge < -0.3 is 14.8 Å². The molecule has 0 aliphatic carbocycles. The molecule has 1 aromatic carbocycles. The summed E-state index contributed by atoms with van der Waals surface area (Å²) in [7, 11) is 0. The van der Waals surface area contributed by atoms with Gasteiger partial charge in [0.05, 0.1) is 29.2 Å². The average Bonchev–Trinajstić information content (AvgIpc) is 3.02. The van der Waals surface area contributed by atoms with E-state index in [4.69, 9.17) is 16.0 Å². The van der Waals surface area contributed by atoms with Crippen LogP contribution in [-0.4, -0.2) is 22.5 Å². The minimum Gasteiger partial charge on any atom is -0.466 e. The maximum absolute atomic E-state index is 12.0. The lowest BCUT2D eigenvalue weighted by atomic mass is 10.0. The van der Waals surface area contributed by atoms with Crippen molar-refractivity contribution in [1.82, 2.24) is 5.32 Å². The van der Waals surface area contributed by atoms with Gasteiger partial charge >= 0.3 is 0 Å². The molecule has 23 heavy (non-hydrogen) atoms. The van der Waals surface area contributed by atoms with E-state index in [0.717, 1.165) is 0 Å². The van der Waals surface area contributed by atoms with Crippen LogP contribution in [0.3, 0.4) is 0 Å². The lowest BCUT2D eigenvalue weighted by molar-refractivity contribution is -0.384. The van der Waals surface area contributed by atoms with Gasteiger partial charge in [0.2, 0.25) is 5.91 Å². The van der Waals surface area contributed by atoms with Gasteiger partial charge in [-0.05, 0) is 24.6 Å². The largest absolute Gasteiger partial charge is 0.466 e. The minimum atomic E-state index is -1.33. The Labute approximate surface area is 137 Å². The van der Waals surface area contributed by atoms with Crippen LogP contribution < -0.4 is 5.32 Å². The summed E-state index contributed by atoms with van der Waals surface area (Å²) in [4.78, 5) is 22.0. The molecule has 2 N–H and O–H groups in total. The summed E-state index contributed by atoms with van der Waals surface area (Å²) in [5, 5.41) is 23.6. The van der Waals surface area contributed by atoms with Crippen molar-refractivity contribution in [2.24, 2.45) is 0 Å². The van der Waals surface area contributed by atoms with E-state index in [0.29, 0.717) is 11.3 Å². The number of hydrogen-bond donors (Lipinski definition) is 2. The molecule has 0 saturated heterocycles. The number of aliphatic hydroxyl groups is 1. The standard InChI is InChI=1S/C15H15ClN2O5/c1-15(20,13-3-2-6-23-13)9-17-14(19)7-10-4-5-11(18(21)22)8-12(10)16/h2-6,8,20H,7,9H2,1H3,(H,17,19)/t15-/m1/s1. The van der Waals surface area contributed by atoms with Crippen molar-refractivity contribution in [3.8, 4) is 0 Å². The number of nitrogens with one attached hydrogen (secondary N) is 1. The smallest absolute Gasteiger partial charge is 0.270 e. The highest BCUT2D eigenvalue weighted by Crippen LogP contribution is 2.23. The fourth-order valence-corrected chi connectivity index (χ4v) is 2.21. The molecule has 122 valence electrons. The Hall–Kier alpha value is -2.38. The topological polar surface area (TPSA) is 106 Å². The van der Waals surface area contributed by atoms with E-state index in [9.17, 15) is 20.0 Å². The number of nitrogens with zero attached hydrogens (tertiary/aromatic N) is 1. The number of non-ortho nitro benzene ring substituents is 1. The van der Waals surface area contributed by atoms with Crippen LogP contribution in [0.2, 0.25) is 5.02 Å².